The first-order chi connectivity index (χ1) is 9.04. The summed E-state index contributed by atoms with van der Waals surface area (Å²) >= 11 is 1.30. The van der Waals surface area contributed by atoms with Crippen LogP contribution in [0.15, 0.2) is 18.2 Å². The third-order valence-electron chi connectivity index (χ3n) is 3.00. The van der Waals surface area contributed by atoms with Gasteiger partial charge < -0.3 is 10.4 Å². The maximum Gasteiger partial charge on any atom is 0.328 e. The highest BCUT2D eigenvalue weighted by Crippen LogP contribution is 2.33. The second-order valence-electron chi connectivity index (χ2n) is 4.93. The summed E-state index contributed by atoms with van der Waals surface area (Å²) in [6.45, 7) is 2.02. The molecule has 0 bridgehead atoms. The Labute approximate surface area is 116 Å². The topological polar surface area (TPSA) is 66.4 Å². The van der Waals surface area contributed by atoms with Crippen LogP contribution in [0.5, 0.6) is 0 Å². The quantitative estimate of drug-likeness (QED) is 0.787. The van der Waals surface area contributed by atoms with Gasteiger partial charge >= 0.3 is 5.97 Å². The third kappa shape index (κ3) is 4.52. The first kappa shape index (κ1) is 13.8. The fourth-order valence-electron chi connectivity index (χ4n) is 1.93. The van der Waals surface area contributed by atoms with E-state index in [1.165, 1.54) is 30.3 Å². The summed E-state index contributed by atoms with van der Waals surface area (Å²) in [5, 5.41) is 11.5. The van der Waals surface area contributed by atoms with Crippen molar-refractivity contribution >= 4 is 29.3 Å². The first-order valence-corrected chi connectivity index (χ1v) is 7.18. The molecule has 5 heteroatoms. The van der Waals surface area contributed by atoms with Gasteiger partial charge in [-0.15, -0.1) is 11.3 Å². The fraction of sp³-hybridized carbons (Fsp3) is 0.429. The highest BCUT2D eigenvalue weighted by Gasteiger charge is 2.24. The van der Waals surface area contributed by atoms with Crippen LogP contribution in [0.4, 0.5) is 0 Å². The molecule has 1 aromatic rings. The van der Waals surface area contributed by atoms with E-state index in [4.69, 9.17) is 5.11 Å². The van der Waals surface area contributed by atoms with Crippen molar-refractivity contribution in [1.82, 2.24) is 5.32 Å². The third-order valence-corrected chi connectivity index (χ3v) is 4.05. The van der Waals surface area contributed by atoms with Crippen molar-refractivity contribution in [2.75, 3.05) is 0 Å². The van der Waals surface area contributed by atoms with Gasteiger partial charge in [-0.2, -0.15) is 0 Å². The van der Waals surface area contributed by atoms with Gasteiger partial charge in [0.1, 0.15) is 0 Å². The molecule has 4 nitrogen and oxygen atoms in total. The van der Waals surface area contributed by atoms with Crippen molar-refractivity contribution in [2.45, 2.75) is 32.2 Å². The van der Waals surface area contributed by atoms with Crippen LogP contribution >= 0.6 is 11.3 Å². The molecule has 0 spiro atoms. The Morgan fingerprint density at radius 1 is 1.53 bits per heavy atom. The maximum atomic E-state index is 12.0. The fourth-order valence-corrected chi connectivity index (χ4v) is 2.74. The molecular weight excluding hydrogens is 262 g/mol. The van der Waals surface area contributed by atoms with E-state index in [0.717, 1.165) is 23.3 Å². The monoisotopic (exact) mass is 279 g/mol. The lowest BCUT2D eigenvalue weighted by Gasteiger charge is -2.12. The van der Waals surface area contributed by atoms with Crippen LogP contribution in [0.25, 0.3) is 6.08 Å². The molecule has 1 unspecified atom stereocenters. The molecular formula is C14H17NO3S. The van der Waals surface area contributed by atoms with Gasteiger partial charge in [0.05, 0.1) is 4.88 Å². The van der Waals surface area contributed by atoms with Crippen LogP contribution in [0.3, 0.4) is 0 Å². The number of carbonyl (C=O) groups is 2. The second-order valence-corrected chi connectivity index (χ2v) is 6.04. The normalized spacial score (nSPS) is 16.5. The Balaban J connectivity index is 1.89. The van der Waals surface area contributed by atoms with Crippen molar-refractivity contribution in [3.8, 4) is 0 Å². The van der Waals surface area contributed by atoms with Crippen LogP contribution in [0.2, 0.25) is 0 Å². The van der Waals surface area contributed by atoms with Crippen LogP contribution in [0.1, 0.15) is 40.7 Å². The maximum absolute atomic E-state index is 12.0. The summed E-state index contributed by atoms with van der Waals surface area (Å²) in [5.74, 6) is -0.279. The van der Waals surface area contributed by atoms with Gasteiger partial charge in [0.25, 0.3) is 5.91 Å². The van der Waals surface area contributed by atoms with Crippen molar-refractivity contribution in [3.05, 3.63) is 28.0 Å². The number of hydrogen-bond donors (Lipinski definition) is 2. The summed E-state index contributed by atoms with van der Waals surface area (Å²) in [7, 11) is 0. The van der Waals surface area contributed by atoms with Crippen molar-refractivity contribution in [1.29, 1.82) is 0 Å². The lowest BCUT2D eigenvalue weighted by Crippen LogP contribution is -2.32. The summed E-state index contributed by atoms with van der Waals surface area (Å²) in [6, 6.07) is 3.68. The lowest BCUT2D eigenvalue weighted by atomic mass is 10.1. The van der Waals surface area contributed by atoms with Crippen LogP contribution < -0.4 is 5.32 Å². The van der Waals surface area contributed by atoms with Gasteiger partial charge in [-0.1, -0.05) is 12.8 Å². The average molecular weight is 279 g/mol. The van der Waals surface area contributed by atoms with E-state index in [1.54, 1.807) is 12.1 Å². The zero-order valence-corrected chi connectivity index (χ0v) is 11.6. The molecule has 2 rings (SSSR count). The zero-order valence-electron chi connectivity index (χ0n) is 10.8. The predicted octanol–water partition coefficient (Wildman–Crippen LogP) is 2.76. The molecule has 102 valence electrons. The minimum Gasteiger partial charge on any atom is -0.478 e. The van der Waals surface area contributed by atoms with E-state index in [0.29, 0.717) is 4.88 Å². The van der Waals surface area contributed by atoms with E-state index in [1.807, 2.05) is 6.92 Å². The van der Waals surface area contributed by atoms with E-state index in [-0.39, 0.29) is 11.9 Å². The number of carboxylic acids is 1. The van der Waals surface area contributed by atoms with Gasteiger partial charge in [-0.3, -0.25) is 4.79 Å². The molecule has 19 heavy (non-hydrogen) atoms. The molecule has 1 atom stereocenters. The summed E-state index contributed by atoms with van der Waals surface area (Å²) in [4.78, 5) is 23.8. The predicted molar refractivity (Wildman–Crippen MR) is 75.3 cm³/mol. The van der Waals surface area contributed by atoms with Crippen molar-refractivity contribution < 1.29 is 14.7 Å². The minimum absolute atomic E-state index is 0.0758. The molecule has 1 heterocycles. The Morgan fingerprint density at radius 2 is 2.26 bits per heavy atom. The van der Waals surface area contributed by atoms with E-state index < -0.39 is 5.97 Å². The Hall–Kier alpha value is -1.62. The highest BCUT2D eigenvalue weighted by atomic mass is 32.1. The Bertz CT molecular complexity index is 503. The molecule has 2 N–H and O–H groups in total. The highest BCUT2D eigenvalue weighted by molar-refractivity contribution is 7.14. The number of carboxylic acid groups (broad SMARTS) is 1. The number of carbonyl (C=O) groups excluding carboxylic acids is 1. The van der Waals surface area contributed by atoms with Crippen LogP contribution in [-0.4, -0.2) is 23.0 Å². The molecule has 0 aliphatic heterocycles. The Morgan fingerprint density at radius 3 is 2.89 bits per heavy atom. The number of aliphatic carboxylic acids is 1. The van der Waals surface area contributed by atoms with E-state index in [9.17, 15) is 9.59 Å². The van der Waals surface area contributed by atoms with Gasteiger partial charge in [0.2, 0.25) is 0 Å². The van der Waals surface area contributed by atoms with E-state index in [2.05, 4.69) is 5.32 Å². The number of hydrogen-bond acceptors (Lipinski definition) is 3. The zero-order chi connectivity index (χ0) is 13.8. The molecule has 0 radical (unpaired) electrons. The van der Waals surface area contributed by atoms with Crippen LogP contribution in [-0.2, 0) is 4.79 Å². The Kier molecular flexibility index (Phi) is 4.37. The number of amides is 1. The number of nitrogens with one attached hydrogen (secondary N) is 1. The average Bonchev–Trinajstić information content (AvgIpc) is 3.01. The summed E-state index contributed by atoms with van der Waals surface area (Å²) in [6.07, 6.45) is 6.18. The van der Waals surface area contributed by atoms with Crippen molar-refractivity contribution in [2.24, 2.45) is 5.92 Å². The van der Waals surface area contributed by atoms with E-state index >= 15 is 0 Å². The minimum atomic E-state index is -0.988. The number of thiophene rings is 1. The standard InChI is InChI=1S/C14H17NO3S/c1-9(8-10-2-3-10)15-14(18)12-6-4-11(19-12)5-7-13(16)17/h4-7,9-10H,2-3,8H2,1H3,(H,15,18)(H,16,17). The molecule has 1 aliphatic carbocycles. The molecule has 1 fully saturated rings. The van der Waals surface area contributed by atoms with Gasteiger partial charge in [0, 0.05) is 17.0 Å². The second kappa shape index (κ2) is 6.02. The summed E-state index contributed by atoms with van der Waals surface area (Å²) < 4.78 is 0. The molecule has 1 aliphatic rings. The SMILES string of the molecule is CC(CC1CC1)NC(=O)c1ccc(C=CC(=O)O)s1. The molecule has 0 saturated heterocycles. The number of rotatable bonds is 6. The summed E-state index contributed by atoms with van der Waals surface area (Å²) in [5.41, 5.74) is 0. The van der Waals surface area contributed by atoms with Gasteiger partial charge in [0.15, 0.2) is 0 Å². The largest absolute Gasteiger partial charge is 0.478 e. The molecule has 1 saturated carbocycles. The molecule has 1 amide bonds. The van der Waals surface area contributed by atoms with Crippen LogP contribution in [0, 0.1) is 5.92 Å². The van der Waals surface area contributed by atoms with Gasteiger partial charge in [-0.25, -0.2) is 4.79 Å². The lowest BCUT2D eigenvalue weighted by molar-refractivity contribution is -0.131. The molecule has 0 aromatic carbocycles. The molecule has 1 aromatic heterocycles. The van der Waals surface area contributed by atoms with Crippen molar-refractivity contribution in [3.63, 3.8) is 0 Å². The first-order valence-electron chi connectivity index (χ1n) is 6.36. The smallest absolute Gasteiger partial charge is 0.328 e. The van der Waals surface area contributed by atoms with Gasteiger partial charge in [-0.05, 0) is 37.5 Å².